The fraction of sp³-hybridized carbons (Fsp3) is 0.286. The van der Waals surface area contributed by atoms with E-state index in [4.69, 9.17) is 5.26 Å². The van der Waals surface area contributed by atoms with Crippen LogP contribution in [0.4, 0.5) is 0 Å². The van der Waals surface area contributed by atoms with Crippen molar-refractivity contribution in [3.8, 4) is 6.07 Å². The van der Waals surface area contributed by atoms with Crippen molar-refractivity contribution < 1.29 is 4.79 Å². The van der Waals surface area contributed by atoms with E-state index in [1.54, 1.807) is 0 Å². The first-order valence-electron chi connectivity index (χ1n) is 3.13. The number of aldehydes is 1. The number of hydrogen-bond donors (Lipinski definition) is 0. The van der Waals surface area contributed by atoms with Crippen LogP contribution in [-0.2, 0) is 4.79 Å². The lowest BCUT2D eigenvalue weighted by Crippen LogP contribution is -2.07. The lowest BCUT2D eigenvalue weighted by Gasteiger charge is -1.81. The second kappa shape index (κ2) is 3.45. The van der Waals surface area contributed by atoms with Gasteiger partial charge in [-0.3, -0.25) is 9.79 Å². The minimum Gasteiger partial charge on any atom is -0.290 e. The number of rotatable bonds is 1. The number of nitrogens with zero attached hydrogens (tertiary/aromatic N) is 3. The van der Waals surface area contributed by atoms with Crippen molar-refractivity contribution >= 4 is 23.9 Å². The normalized spacial score (nSPS) is 15.9. The Labute approximate surface area is 63.6 Å². The smallest absolute Gasteiger partial charge is 0.290 e. The molecule has 1 aliphatic rings. The quantitative estimate of drug-likeness (QED) is 0.358. The Morgan fingerprint density at radius 3 is 3.27 bits per heavy atom. The largest absolute Gasteiger partial charge is 0.363 e. The predicted octanol–water partition coefficient (Wildman–Crippen LogP) is -0.867. The summed E-state index contributed by atoms with van der Waals surface area (Å²) in [6.45, 7) is 0.225. The molecule has 0 amide bonds. The third-order valence-corrected chi connectivity index (χ3v) is 1.24. The molecule has 1 rings (SSSR count). The van der Waals surface area contributed by atoms with Crippen LogP contribution in [0.1, 0.15) is 6.42 Å². The average molecular weight is 148 g/mol. The highest BCUT2D eigenvalue weighted by Crippen LogP contribution is 1.85. The average Bonchev–Trinajstić information content (AvgIpc) is 2.28. The summed E-state index contributed by atoms with van der Waals surface area (Å²) in [5.74, 6) is 0. The monoisotopic (exact) mass is 148 g/mol. The molecule has 0 aromatic heterocycles. The van der Waals surface area contributed by atoms with E-state index in [9.17, 15) is 4.79 Å². The summed E-state index contributed by atoms with van der Waals surface area (Å²) in [5.41, 5.74) is 0.792. The van der Waals surface area contributed by atoms with Crippen LogP contribution in [0.25, 0.3) is 0 Å². The Hall–Kier alpha value is -1.72. The van der Waals surface area contributed by atoms with Crippen LogP contribution in [0.3, 0.4) is 0 Å². The van der Waals surface area contributed by atoms with E-state index < -0.39 is 0 Å². The third-order valence-electron chi connectivity index (χ3n) is 1.24. The highest BCUT2D eigenvalue weighted by molar-refractivity contribution is 6.30. The molecular formula is C7H6N3O+. The number of aliphatic imine (C=N–C) groups is 1. The zero-order chi connectivity index (χ0) is 8.10. The van der Waals surface area contributed by atoms with Crippen LogP contribution in [0, 0.1) is 11.3 Å². The summed E-state index contributed by atoms with van der Waals surface area (Å²) < 4.78 is 3.80. The Morgan fingerprint density at radius 2 is 2.64 bits per heavy atom. The van der Waals surface area contributed by atoms with E-state index in [0.717, 1.165) is 0 Å². The number of carbonyl (C=O) groups is 1. The highest BCUT2D eigenvalue weighted by Gasteiger charge is 2.11. The number of nitriles is 1. The topological polar surface area (TPSA) is 67.3 Å². The van der Waals surface area contributed by atoms with Crippen molar-refractivity contribution in [1.29, 1.82) is 5.26 Å². The van der Waals surface area contributed by atoms with Gasteiger partial charge in [0, 0.05) is 0 Å². The lowest BCUT2D eigenvalue weighted by molar-refractivity contribution is -0.102. The second-order valence-corrected chi connectivity index (χ2v) is 2.00. The first-order valence-corrected chi connectivity index (χ1v) is 3.13. The van der Waals surface area contributed by atoms with E-state index in [1.165, 1.54) is 6.21 Å². The predicted molar refractivity (Wildman–Crippen MR) is 41.8 cm³/mol. The Morgan fingerprint density at radius 1 is 1.82 bits per heavy atom. The van der Waals surface area contributed by atoms with Crippen LogP contribution >= 0.6 is 0 Å². The van der Waals surface area contributed by atoms with Gasteiger partial charge in [0.2, 0.25) is 6.29 Å². The van der Waals surface area contributed by atoms with Crippen molar-refractivity contribution in [2.75, 3.05) is 6.54 Å². The minimum absolute atomic E-state index is 0.225. The maximum atomic E-state index is 10.2. The van der Waals surface area contributed by atoms with Crippen LogP contribution < -0.4 is 4.67 Å². The molecule has 4 nitrogen and oxygen atoms in total. The molecule has 0 aromatic carbocycles. The molecule has 0 spiro atoms. The summed E-state index contributed by atoms with van der Waals surface area (Å²) >= 11 is 0. The minimum atomic E-state index is 0.225. The van der Waals surface area contributed by atoms with E-state index in [0.29, 0.717) is 24.1 Å². The van der Waals surface area contributed by atoms with Crippen molar-refractivity contribution in [2.45, 2.75) is 6.42 Å². The van der Waals surface area contributed by atoms with Gasteiger partial charge in [-0.1, -0.05) is 4.67 Å². The molecule has 54 valence electrons. The lowest BCUT2D eigenvalue weighted by atomic mass is 10.3. The van der Waals surface area contributed by atoms with Gasteiger partial charge in [-0.15, -0.1) is 0 Å². The van der Waals surface area contributed by atoms with Gasteiger partial charge in [0.05, 0.1) is 6.42 Å². The number of carbonyl (C=O) groups excluding carboxylic acids is 1. The molecule has 1 aliphatic heterocycles. The van der Waals surface area contributed by atoms with Crippen LogP contribution in [0.5, 0.6) is 0 Å². The van der Waals surface area contributed by atoms with Crippen LogP contribution in [-0.4, -0.2) is 30.5 Å². The molecule has 0 unspecified atom stereocenters. The molecule has 1 heterocycles. The number of hydrogen-bond acceptors (Lipinski definition) is 3. The summed E-state index contributed by atoms with van der Waals surface area (Å²) in [4.78, 5) is 14.1. The SMILES string of the molecule is N#CC1=NCC(C=O)=[N+]=CC1. The molecule has 0 radical (unpaired) electrons. The van der Waals surface area contributed by atoms with E-state index >= 15 is 0 Å². The van der Waals surface area contributed by atoms with Gasteiger partial charge in [0.25, 0.3) is 6.21 Å². The van der Waals surface area contributed by atoms with Gasteiger partial charge in [-0.25, -0.2) is 0 Å². The van der Waals surface area contributed by atoms with Gasteiger partial charge in [-0.05, 0) is 0 Å². The van der Waals surface area contributed by atoms with E-state index in [-0.39, 0.29) is 6.54 Å². The molecule has 4 heteroatoms. The van der Waals surface area contributed by atoms with Crippen molar-refractivity contribution in [3.63, 3.8) is 0 Å². The molecule has 0 bridgehead atoms. The van der Waals surface area contributed by atoms with E-state index in [1.807, 2.05) is 6.07 Å². The van der Waals surface area contributed by atoms with Gasteiger partial charge in [-0.2, -0.15) is 5.26 Å². The van der Waals surface area contributed by atoms with Gasteiger partial charge < -0.3 is 0 Å². The van der Waals surface area contributed by atoms with Crippen LogP contribution in [0.2, 0.25) is 0 Å². The van der Waals surface area contributed by atoms with Crippen LogP contribution in [0.15, 0.2) is 4.99 Å². The maximum absolute atomic E-state index is 10.2. The fourth-order valence-corrected chi connectivity index (χ4v) is 0.680. The Bertz CT molecular complexity index is 302. The van der Waals surface area contributed by atoms with Gasteiger partial charge >= 0.3 is 5.71 Å². The molecular weight excluding hydrogens is 142 g/mol. The molecule has 0 aliphatic carbocycles. The van der Waals surface area contributed by atoms with Gasteiger partial charge in [0.15, 0.2) is 0 Å². The Balaban J connectivity index is 2.83. The third kappa shape index (κ3) is 1.85. The molecule has 0 fully saturated rings. The zero-order valence-corrected chi connectivity index (χ0v) is 5.82. The molecule has 0 aromatic rings. The highest BCUT2D eigenvalue weighted by atomic mass is 16.1. The second-order valence-electron chi connectivity index (χ2n) is 2.00. The summed E-state index contributed by atoms with van der Waals surface area (Å²) in [6.07, 6.45) is 2.60. The standard InChI is InChI=1S/C7H6N3O/c8-3-6-1-2-9-7(5-11)4-10-6/h2,5H,1,4H2/q+1. The summed E-state index contributed by atoms with van der Waals surface area (Å²) in [5, 5.41) is 8.43. The first-order chi connectivity index (χ1) is 5.36. The summed E-state index contributed by atoms with van der Waals surface area (Å²) in [7, 11) is 0. The van der Waals surface area contributed by atoms with Crippen molar-refractivity contribution in [3.05, 3.63) is 0 Å². The van der Waals surface area contributed by atoms with E-state index in [2.05, 4.69) is 9.66 Å². The maximum Gasteiger partial charge on any atom is 0.363 e. The van der Waals surface area contributed by atoms with Crippen molar-refractivity contribution in [2.24, 2.45) is 4.99 Å². The zero-order valence-electron chi connectivity index (χ0n) is 5.82. The molecule has 0 N–H and O–H groups in total. The summed E-state index contributed by atoms with van der Waals surface area (Å²) in [6, 6.07) is 1.92. The Kier molecular flexibility index (Phi) is 2.32. The van der Waals surface area contributed by atoms with Crippen molar-refractivity contribution in [1.82, 2.24) is 4.67 Å². The molecule has 0 atom stereocenters. The first kappa shape index (κ1) is 7.39. The molecule has 11 heavy (non-hydrogen) atoms. The van der Waals surface area contributed by atoms with Gasteiger partial charge in [0.1, 0.15) is 18.3 Å². The molecule has 0 saturated heterocycles. The molecule has 0 saturated carbocycles. The fourth-order valence-electron chi connectivity index (χ4n) is 0.680.